The molecule has 1 atom stereocenters. The highest BCUT2D eigenvalue weighted by atomic mass is 16.4. The maximum absolute atomic E-state index is 8.60. The molecule has 3 heterocycles. The number of nitrogens with zero attached hydrogens (tertiary/aromatic N) is 5. The second-order valence-electron chi connectivity index (χ2n) is 5.38. The van der Waals surface area contributed by atoms with Gasteiger partial charge in [0.25, 0.3) is 0 Å². The summed E-state index contributed by atoms with van der Waals surface area (Å²) in [7, 11) is 0. The Morgan fingerprint density at radius 2 is 2.05 bits per heavy atom. The molecule has 0 bridgehead atoms. The third kappa shape index (κ3) is 2.53. The van der Waals surface area contributed by atoms with Crippen LogP contribution < -0.4 is 10.6 Å². The van der Waals surface area contributed by atoms with Crippen LogP contribution in [0.25, 0.3) is 0 Å². The van der Waals surface area contributed by atoms with Crippen molar-refractivity contribution in [1.82, 2.24) is 14.9 Å². The number of likely N-dealkylation sites (tertiary alicyclic amines) is 1. The average molecular weight is 276 g/mol. The Labute approximate surface area is 118 Å². The Bertz CT molecular complexity index is 482. The highest BCUT2D eigenvalue weighted by Gasteiger charge is 2.29. The molecule has 1 aromatic rings. The maximum Gasteiger partial charge on any atom is 0.190 e. The fraction of sp³-hybridized carbons (Fsp3) is 0.615. The number of hydrogen-bond acceptors (Lipinski definition) is 6. The van der Waals surface area contributed by atoms with E-state index in [1.54, 1.807) is 12.4 Å². The molecule has 20 heavy (non-hydrogen) atoms. The van der Waals surface area contributed by atoms with Crippen LogP contribution in [0.4, 0.5) is 5.82 Å². The lowest BCUT2D eigenvalue weighted by atomic mass is 10.2. The highest BCUT2D eigenvalue weighted by Crippen LogP contribution is 2.23. The number of aromatic nitrogens is 2. The Morgan fingerprint density at radius 1 is 1.25 bits per heavy atom. The Hall–Kier alpha value is -1.89. The molecule has 3 rings (SSSR count). The summed E-state index contributed by atoms with van der Waals surface area (Å²) in [6.45, 7) is 4.48. The molecular formula is C13H20N6O. The van der Waals surface area contributed by atoms with Crippen LogP contribution in [0.15, 0.2) is 17.5 Å². The second kappa shape index (κ2) is 5.62. The monoisotopic (exact) mass is 276 g/mol. The summed E-state index contributed by atoms with van der Waals surface area (Å²) < 4.78 is 0. The van der Waals surface area contributed by atoms with Crippen molar-refractivity contribution in [2.45, 2.75) is 25.3 Å². The summed E-state index contributed by atoms with van der Waals surface area (Å²) >= 11 is 0. The third-order valence-electron chi connectivity index (χ3n) is 4.15. The summed E-state index contributed by atoms with van der Waals surface area (Å²) in [5.74, 6) is 0.849. The molecule has 1 aromatic heterocycles. The van der Waals surface area contributed by atoms with Crippen molar-refractivity contribution in [3.05, 3.63) is 18.1 Å². The van der Waals surface area contributed by atoms with Crippen LogP contribution >= 0.6 is 0 Å². The first kappa shape index (κ1) is 13.1. The van der Waals surface area contributed by atoms with Gasteiger partial charge in [0.1, 0.15) is 11.5 Å². The van der Waals surface area contributed by atoms with Crippen LogP contribution in [0, 0.1) is 0 Å². The lowest BCUT2D eigenvalue weighted by Gasteiger charge is -2.23. The zero-order valence-corrected chi connectivity index (χ0v) is 11.4. The minimum Gasteiger partial charge on any atom is -0.409 e. The third-order valence-corrected chi connectivity index (χ3v) is 4.15. The summed E-state index contributed by atoms with van der Waals surface area (Å²) in [6, 6.07) is 0.642. The maximum atomic E-state index is 8.60. The van der Waals surface area contributed by atoms with E-state index in [0.717, 1.165) is 18.9 Å². The normalized spacial score (nSPS) is 24.5. The van der Waals surface area contributed by atoms with Crippen molar-refractivity contribution >= 4 is 11.7 Å². The molecule has 2 aliphatic heterocycles. The number of hydrogen-bond donors (Lipinski definition) is 2. The molecule has 0 aromatic carbocycles. The van der Waals surface area contributed by atoms with E-state index in [2.05, 4.69) is 24.9 Å². The van der Waals surface area contributed by atoms with Gasteiger partial charge in [-0.3, -0.25) is 4.90 Å². The lowest BCUT2D eigenvalue weighted by molar-refractivity contribution is 0.260. The standard InChI is InChI=1S/C13H20N6O/c14-13(17-20)11-7-16-12(8-15-11)19-6-3-10(9-19)18-4-1-2-5-18/h7-8,10,20H,1-6,9H2,(H2,14,17). The van der Waals surface area contributed by atoms with E-state index < -0.39 is 0 Å². The topological polar surface area (TPSA) is 90.9 Å². The summed E-state index contributed by atoms with van der Waals surface area (Å²) in [5, 5.41) is 11.5. The quantitative estimate of drug-likeness (QED) is 0.356. The van der Waals surface area contributed by atoms with Crippen molar-refractivity contribution in [2.75, 3.05) is 31.1 Å². The Morgan fingerprint density at radius 3 is 2.70 bits per heavy atom. The number of anilines is 1. The van der Waals surface area contributed by atoms with Gasteiger partial charge in [0.15, 0.2) is 5.84 Å². The first-order valence-corrected chi connectivity index (χ1v) is 7.07. The first-order chi connectivity index (χ1) is 9.78. The van der Waals surface area contributed by atoms with Crippen LogP contribution in [-0.2, 0) is 0 Å². The van der Waals surface area contributed by atoms with Gasteiger partial charge in [-0.1, -0.05) is 5.16 Å². The van der Waals surface area contributed by atoms with Crippen molar-refractivity contribution in [2.24, 2.45) is 10.9 Å². The molecule has 108 valence electrons. The van der Waals surface area contributed by atoms with Crippen LogP contribution in [-0.4, -0.2) is 58.1 Å². The van der Waals surface area contributed by atoms with Crippen molar-refractivity contribution in [1.29, 1.82) is 0 Å². The molecule has 0 aliphatic carbocycles. The predicted molar refractivity (Wildman–Crippen MR) is 76.0 cm³/mol. The molecule has 1 unspecified atom stereocenters. The molecule has 3 N–H and O–H groups in total. The summed E-state index contributed by atoms with van der Waals surface area (Å²) in [6.07, 6.45) is 7.08. The Balaban J connectivity index is 1.65. The van der Waals surface area contributed by atoms with Gasteiger partial charge in [0.2, 0.25) is 0 Å². The molecular weight excluding hydrogens is 256 g/mol. The van der Waals surface area contributed by atoms with Gasteiger partial charge in [-0.05, 0) is 32.4 Å². The average Bonchev–Trinajstić information content (AvgIpc) is 3.17. The zero-order valence-electron chi connectivity index (χ0n) is 11.4. The molecule has 2 aliphatic rings. The van der Waals surface area contributed by atoms with Crippen molar-refractivity contribution < 1.29 is 5.21 Å². The highest BCUT2D eigenvalue weighted by molar-refractivity contribution is 5.94. The van der Waals surface area contributed by atoms with E-state index in [4.69, 9.17) is 10.9 Å². The van der Waals surface area contributed by atoms with Gasteiger partial charge in [-0.2, -0.15) is 0 Å². The minimum absolute atomic E-state index is 0.0135. The van der Waals surface area contributed by atoms with E-state index in [1.165, 1.54) is 32.4 Å². The second-order valence-corrected chi connectivity index (χ2v) is 5.38. The fourth-order valence-electron chi connectivity index (χ4n) is 3.02. The number of nitrogens with two attached hydrogens (primary N) is 1. The van der Waals surface area contributed by atoms with Crippen molar-refractivity contribution in [3.8, 4) is 0 Å². The van der Waals surface area contributed by atoms with Gasteiger partial charge >= 0.3 is 0 Å². The number of oxime groups is 1. The summed E-state index contributed by atoms with van der Waals surface area (Å²) in [4.78, 5) is 13.4. The van der Waals surface area contributed by atoms with E-state index in [1.807, 2.05) is 0 Å². The molecule has 0 radical (unpaired) electrons. The van der Waals surface area contributed by atoms with Gasteiger partial charge < -0.3 is 15.8 Å². The molecule has 0 saturated carbocycles. The smallest absolute Gasteiger partial charge is 0.190 e. The Kier molecular flexibility index (Phi) is 3.68. The minimum atomic E-state index is -0.0135. The zero-order chi connectivity index (χ0) is 13.9. The van der Waals surface area contributed by atoms with E-state index in [0.29, 0.717) is 11.7 Å². The molecule has 0 spiro atoms. The molecule has 7 heteroatoms. The van der Waals surface area contributed by atoms with E-state index in [-0.39, 0.29) is 5.84 Å². The molecule has 2 saturated heterocycles. The fourth-order valence-corrected chi connectivity index (χ4v) is 3.02. The van der Waals surface area contributed by atoms with Crippen LogP contribution in [0.3, 0.4) is 0 Å². The SMILES string of the molecule is NC(=NO)c1cnc(N2CCC(N3CCCC3)C2)cn1. The molecule has 0 amide bonds. The van der Waals surface area contributed by atoms with E-state index in [9.17, 15) is 0 Å². The first-order valence-electron chi connectivity index (χ1n) is 7.07. The largest absolute Gasteiger partial charge is 0.409 e. The predicted octanol–water partition coefficient (Wildman–Crippen LogP) is 0.246. The van der Waals surface area contributed by atoms with Gasteiger partial charge in [-0.15, -0.1) is 0 Å². The van der Waals surface area contributed by atoms with E-state index >= 15 is 0 Å². The van der Waals surface area contributed by atoms with Crippen LogP contribution in [0.2, 0.25) is 0 Å². The number of amidine groups is 1. The van der Waals surface area contributed by atoms with Gasteiger partial charge in [0.05, 0.1) is 12.4 Å². The van der Waals surface area contributed by atoms with Crippen molar-refractivity contribution in [3.63, 3.8) is 0 Å². The summed E-state index contributed by atoms with van der Waals surface area (Å²) in [5.41, 5.74) is 5.87. The van der Waals surface area contributed by atoms with Gasteiger partial charge in [-0.25, -0.2) is 9.97 Å². The lowest BCUT2D eigenvalue weighted by Crippen LogP contribution is -2.35. The molecule has 2 fully saturated rings. The number of rotatable bonds is 3. The molecule has 7 nitrogen and oxygen atoms in total. The van der Waals surface area contributed by atoms with Crippen LogP contribution in [0.1, 0.15) is 25.0 Å². The van der Waals surface area contributed by atoms with Gasteiger partial charge in [0, 0.05) is 19.1 Å². The van der Waals surface area contributed by atoms with Crippen LogP contribution in [0.5, 0.6) is 0 Å².